The molecule has 2 N–H and O–H groups in total. The van der Waals surface area contributed by atoms with Crippen molar-refractivity contribution in [2.75, 3.05) is 25.4 Å². The molecule has 0 aliphatic carbocycles. The van der Waals surface area contributed by atoms with Crippen LogP contribution in [0.3, 0.4) is 0 Å². The Kier molecular flexibility index (Phi) is 6.50. The third-order valence-corrected chi connectivity index (χ3v) is 4.38. The summed E-state index contributed by atoms with van der Waals surface area (Å²) in [5.41, 5.74) is 0.445. The summed E-state index contributed by atoms with van der Waals surface area (Å²) in [6.07, 6.45) is 1.54. The Balaban J connectivity index is 2.45. The molecule has 0 heterocycles. The minimum atomic E-state index is -3.30. The molecule has 0 aliphatic heterocycles. The molecule has 6 heteroatoms. The van der Waals surface area contributed by atoms with Crippen molar-refractivity contribution in [3.8, 4) is 6.07 Å². The highest BCUT2D eigenvalue weighted by Crippen LogP contribution is 2.11. The van der Waals surface area contributed by atoms with Crippen LogP contribution >= 0.6 is 0 Å². The van der Waals surface area contributed by atoms with Gasteiger partial charge in [0.05, 0.1) is 22.3 Å². The Bertz CT molecular complexity index is 518. The molecule has 0 saturated heterocycles. The number of aliphatic hydroxyl groups excluding tert-OH is 1. The number of rotatable bonds is 8. The lowest BCUT2D eigenvalue weighted by Crippen LogP contribution is -2.24. The van der Waals surface area contributed by atoms with Crippen molar-refractivity contribution in [2.24, 2.45) is 0 Å². The zero-order chi connectivity index (χ0) is 14.1. The van der Waals surface area contributed by atoms with Crippen LogP contribution in [0.1, 0.15) is 18.4 Å². The van der Waals surface area contributed by atoms with Gasteiger partial charge in [-0.1, -0.05) is 0 Å². The van der Waals surface area contributed by atoms with Crippen molar-refractivity contribution in [3.05, 3.63) is 29.8 Å². The summed E-state index contributed by atoms with van der Waals surface area (Å²) in [5, 5.41) is 20.3. The first-order valence-corrected chi connectivity index (χ1v) is 7.80. The van der Waals surface area contributed by atoms with E-state index in [1.54, 1.807) is 0 Å². The van der Waals surface area contributed by atoms with Crippen LogP contribution in [0.15, 0.2) is 29.2 Å². The molecule has 0 aromatic heterocycles. The molecule has 0 spiro atoms. The van der Waals surface area contributed by atoms with Crippen molar-refractivity contribution in [1.82, 2.24) is 5.32 Å². The van der Waals surface area contributed by atoms with E-state index in [1.165, 1.54) is 24.3 Å². The summed E-state index contributed by atoms with van der Waals surface area (Å²) in [4.78, 5) is 0.239. The first-order valence-electron chi connectivity index (χ1n) is 6.14. The minimum absolute atomic E-state index is 0.0258. The van der Waals surface area contributed by atoms with E-state index >= 15 is 0 Å². The normalized spacial score (nSPS) is 11.2. The second-order valence-electron chi connectivity index (χ2n) is 4.14. The quantitative estimate of drug-likeness (QED) is 0.685. The number of hydrogen-bond donors (Lipinski definition) is 2. The van der Waals surface area contributed by atoms with Gasteiger partial charge in [-0.25, -0.2) is 8.42 Å². The smallest absolute Gasteiger partial charge is 0.179 e. The Morgan fingerprint density at radius 2 is 1.84 bits per heavy atom. The summed E-state index contributed by atoms with van der Waals surface area (Å²) in [7, 11) is -3.30. The number of aliphatic hydroxyl groups is 1. The third kappa shape index (κ3) is 5.39. The zero-order valence-electron chi connectivity index (χ0n) is 10.7. The highest BCUT2D eigenvalue weighted by molar-refractivity contribution is 7.91. The molecule has 1 aromatic rings. The van der Waals surface area contributed by atoms with Crippen LogP contribution in [0, 0.1) is 11.3 Å². The largest absolute Gasteiger partial charge is 0.396 e. The van der Waals surface area contributed by atoms with Crippen LogP contribution in [-0.4, -0.2) is 39.0 Å². The molecule has 0 radical (unpaired) electrons. The summed E-state index contributed by atoms with van der Waals surface area (Å²) in [6.45, 7) is 1.24. The predicted octanol–water partition coefficient (Wildman–Crippen LogP) is 0.694. The molecular formula is C13H18N2O3S. The molecule has 0 fully saturated rings. The molecule has 0 bridgehead atoms. The van der Waals surface area contributed by atoms with E-state index in [1.807, 2.05) is 6.07 Å². The molecule has 0 unspecified atom stereocenters. The number of sulfone groups is 1. The van der Waals surface area contributed by atoms with Gasteiger partial charge in [0.1, 0.15) is 0 Å². The number of nitrogens with one attached hydrogen (secondary N) is 1. The summed E-state index contributed by atoms with van der Waals surface area (Å²) in [5.74, 6) is 0.0258. The van der Waals surface area contributed by atoms with Crippen molar-refractivity contribution in [1.29, 1.82) is 5.26 Å². The van der Waals surface area contributed by atoms with Gasteiger partial charge in [-0.15, -0.1) is 0 Å². The Labute approximate surface area is 113 Å². The van der Waals surface area contributed by atoms with Crippen LogP contribution in [0.2, 0.25) is 0 Å². The summed E-state index contributed by atoms with van der Waals surface area (Å²) < 4.78 is 23.9. The molecule has 5 nitrogen and oxygen atoms in total. The molecule has 0 amide bonds. The van der Waals surface area contributed by atoms with E-state index in [0.717, 1.165) is 12.8 Å². The lowest BCUT2D eigenvalue weighted by Gasteiger charge is -2.06. The van der Waals surface area contributed by atoms with E-state index in [2.05, 4.69) is 5.32 Å². The molecule has 0 atom stereocenters. The van der Waals surface area contributed by atoms with Gasteiger partial charge in [0.2, 0.25) is 0 Å². The number of unbranched alkanes of at least 4 members (excludes halogenated alkanes) is 1. The van der Waals surface area contributed by atoms with Gasteiger partial charge in [0, 0.05) is 13.2 Å². The molecular weight excluding hydrogens is 264 g/mol. The van der Waals surface area contributed by atoms with Crippen molar-refractivity contribution < 1.29 is 13.5 Å². The SMILES string of the molecule is N#Cc1ccc(S(=O)(=O)CCNCCCCO)cc1. The second-order valence-corrected chi connectivity index (χ2v) is 6.24. The van der Waals surface area contributed by atoms with Crippen LogP contribution in [0.4, 0.5) is 0 Å². The van der Waals surface area contributed by atoms with Gasteiger partial charge in [-0.2, -0.15) is 5.26 Å². The van der Waals surface area contributed by atoms with Crippen molar-refractivity contribution >= 4 is 9.84 Å². The maximum atomic E-state index is 12.0. The Morgan fingerprint density at radius 3 is 2.42 bits per heavy atom. The fraction of sp³-hybridized carbons (Fsp3) is 0.462. The standard InChI is InChI=1S/C13H18N2O3S/c14-11-12-3-5-13(6-4-12)19(17,18)10-8-15-7-1-2-9-16/h3-6,15-16H,1-2,7-10H2. The number of benzene rings is 1. The van der Waals surface area contributed by atoms with E-state index in [0.29, 0.717) is 18.7 Å². The maximum absolute atomic E-state index is 12.0. The van der Waals surface area contributed by atoms with Gasteiger partial charge in [0.15, 0.2) is 9.84 Å². The molecule has 1 aromatic carbocycles. The molecule has 0 aliphatic rings. The van der Waals surface area contributed by atoms with Crippen LogP contribution in [0.25, 0.3) is 0 Å². The average Bonchev–Trinajstić information content (AvgIpc) is 2.43. The van der Waals surface area contributed by atoms with Gasteiger partial charge in [-0.05, 0) is 43.7 Å². The zero-order valence-corrected chi connectivity index (χ0v) is 11.5. The predicted molar refractivity (Wildman–Crippen MR) is 72.4 cm³/mol. The van der Waals surface area contributed by atoms with Gasteiger partial charge >= 0.3 is 0 Å². The Morgan fingerprint density at radius 1 is 1.16 bits per heavy atom. The van der Waals surface area contributed by atoms with Crippen molar-refractivity contribution in [3.63, 3.8) is 0 Å². The van der Waals surface area contributed by atoms with E-state index in [-0.39, 0.29) is 17.3 Å². The first-order chi connectivity index (χ1) is 9.10. The molecule has 104 valence electrons. The van der Waals surface area contributed by atoms with E-state index in [9.17, 15) is 8.42 Å². The first kappa shape index (κ1) is 15.6. The van der Waals surface area contributed by atoms with Gasteiger partial charge in [-0.3, -0.25) is 0 Å². The fourth-order valence-electron chi connectivity index (χ4n) is 1.55. The molecule has 0 saturated carbocycles. The lowest BCUT2D eigenvalue weighted by atomic mass is 10.2. The maximum Gasteiger partial charge on any atom is 0.179 e. The van der Waals surface area contributed by atoms with Crippen molar-refractivity contribution in [2.45, 2.75) is 17.7 Å². The monoisotopic (exact) mass is 282 g/mol. The number of nitrogens with zero attached hydrogens (tertiary/aromatic N) is 1. The third-order valence-electron chi connectivity index (χ3n) is 2.65. The van der Waals surface area contributed by atoms with E-state index in [4.69, 9.17) is 10.4 Å². The van der Waals surface area contributed by atoms with Gasteiger partial charge in [0.25, 0.3) is 0 Å². The number of nitriles is 1. The van der Waals surface area contributed by atoms with Crippen LogP contribution in [0.5, 0.6) is 0 Å². The van der Waals surface area contributed by atoms with E-state index < -0.39 is 9.84 Å². The molecule has 19 heavy (non-hydrogen) atoms. The Hall–Kier alpha value is -1.42. The molecule has 1 rings (SSSR count). The second kappa shape index (κ2) is 7.89. The van der Waals surface area contributed by atoms with Crippen LogP contribution in [-0.2, 0) is 9.84 Å². The highest BCUT2D eigenvalue weighted by Gasteiger charge is 2.13. The minimum Gasteiger partial charge on any atom is -0.396 e. The van der Waals surface area contributed by atoms with Gasteiger partial charge < -0.3 is 10.4 Å². The lowest BCUT2D eigenvalue weighted by molar-refractivity contribution is 0.284. The average molecular weight is 282 g/mol. The van der Waals surface area contributed by atoms with Crippen LogP contribution < -0.4 is 5.32 Å². The fourth-order valence-corrected chi connectivity index (χ4v) is 2.75. The summed E-state index contributed by atoms with van der Waals surface area (Å²) in [6, 6.07) is 7.87. The summed E-state index contributed by atoms with van der Waals surface area (Å²) >= 11 is 0. The highest BCUT2D eigenvalue weighted by atomic mass is 32.2. The number of hydrogen-bond acceptors (Lipinski definition) is 5. The topological polar surface area (TPSA) is 90.2 Å².